The molecule has 0 aromatic heterocycles. The molecular formula is C44H72N2O14. The van der Waals surface area contributed by atoms with Crippen molar-refractivity contribution in [2.75, 3.05) is 192 Å². The van der Waals surface area contributed by atoms with Gasteiger partial charge in [-0.15, -0.1) is 0 Å². The van der Waals surface area contributed by atoms with Gasteiger partial charge in [-0.3, -0.25) is 0 Å². The molecule has 0 radical (unpaired) electrons. The van der Waals surface area contributed by atoms with E-state index in [1.54, 1.807) is 0 Å². The van der Waals surface area contributed by atoms with Crippen LogP contribution in [0.25, 0.3) is 11.1 Å². The Labute approximate surface area is 357 Å². The molecule has 0 fully saturated rings. The summed E-state index contributed by atoms with van der Waals surface area (Å²) in [7, 11) is 4.04. The Morgan fingerprint density at radius 3 is 1.08 bits per heavy atom. The van der Waals surface area contributed by atoms with E-state index in [0.29, 0.717) is 178 Å². The van der Waals surface area contributed by atoms with Crippen LogP contribution in [0.4, 0.5) is 4.79 Å². The second kappa shape index (κ2) is 36.8. The number of ether oxygens (including phenoxy) is 13. The highest BCUT2D eigenvalue weighted by atomic mass is 16.6. The first-order valence-electron chi connectivity index (χ1n) is 21.3. The SMILES string of the molecule is CN(C)CCOCCOCCOCCOCCOCCOCCOCCOCCOCCOCCOCCOCCCNC(=O)OCC1c2ccccc2-c2ccccc21. The van der Waals surface area contributed by atoms with Gasteiger partial charge in [0.1, 0.15) is 6.61 Å². The molecule has 0 spiro atoms. The number of nitrogens with zero attached hydrogens (tertiary/aromatic N) is 1. The molecule has 3 rings (SSSR count). The highest BCUT2D eigenvalue weighted by Gasteiger charge is 2.29. The first-order valence-corrected chi connectivity index (χ1v) is 21.3. The molecule has 16 heteroatoms. The Hall–Kier alpha value is -2.81. The van der Waals surface area contributed by atoms with Crippen molar-refractivity contribution in [2.24, 2.45) is 0 Å². The Bertz CT molecular complexity index is 1260. The molecule has 60 heavy (non-hydrogen) atoms. The van der Waals surface area contributed by atoms with Crippen LogP contribution in [0.2, 0.25) is 0 Å². The van der Waals surface area contributed by atoms with Crippen molar-refractivity contribution in [1.29, 1.82) is 0 Å². The summed E-state index contributed by atoms with van der Waals surface area (Å²) in [5, 5.41) is 2.81. The Balaban J connectivity index is 0.920. The van der Waals surface area contributed by atoms with Gasteiger partial charge in [0.15, 0.2) is 0 Å². The van der Waals surface area contributed by atoms with Gasteiger partial charge >= 0.3 is 6.09 Å². The van der Waals surface area contributed by atoms with E-state index in [0.717, 1.165) is 6.54 Å². The highest BCUT2D eigenvalue weighted by Crippen LogP contribution is 2.44. The summed E-state index contributed by atoms with van der Waals surface area (Å²) in [6.45, 7) is 14.1. The molecule has 0 aliphatic heterocycles. The molecular weight excluding hydrogens is 780 g/mol. The van der Waals surface area contributed by atoms with E-state index in [2.05, 4.69) is 34.5 Å². The number of fused-ring (bicyclic) bond motifs is 3. The standard InChI is InChI=1S/C44H72N2O14/c1-46(2)13-15-49-17-19-51-21-23-53-25-27-55-29-31-57-33-35-59-37-36-58-34-32-56-30-28-54-26-24-52-22-20-50-18-16-48-14-7-12-45-44(47)60-38-43-41-10-5-3-8-39(41)40-9-4-6-11-42(40)43/h3-6,8-11,43H,7,12-38H2,1-2H3,(H,45,47). The van der Waals surface area contributed by atoms with Gasteiger partial charge in [0, 0.05) is 25.6 Å². The first kappa shape index (κ1) is 51.5. The fraction of sp³-hybridized carbons (Fsp3) is 0.705. The van der Waals surface area contributed by atoms with Gasteiger partial charge in [-0.05, 0) is 42.8 Å². The summed E-state index contributed by atoms with van der Waals surface area (Å²) in [6, 6.07) is 16.6. The van der Waals surface area contributed by atoms with Gasteiger partial charge in [0.05, 0.1) is 152 Å². The minimum absolute atomic E-state index is 0.0480. The first-order chi connectivity index (χ1) is 29.7. The maximum atomic E-state index is 12.3. The summed E-state index contributed by atoms with van der Waals surface area (Å²) in [4.78, 5) is 14.4. The summed E-state index contributed by atoms with van der Waals surface area (Å²) in [5.74, 6) is 0.0480. The Morgan fingerprint density at radius 1 is 0.450 bits per heavy atom. The smallest absolute Gasteiger partial charge is 0.407 e. The molecule has 0 bridgehead atoms. The predicted molar refractivity (Wildman–Crippen MR) is 226 cm³/mol. The average molecular weight is 853 g/mol. The lowest BCUT2D eigenvalue weighted by Gasteiger charge is -2.14. The number of amides is 1. The molecule has 0 saturated heterocycles. The van der Waals surface area contributed by atoms with Crippen LogP contribution in [0, 0.1) is 0 Å². The highest BCUT2D eigenvalue weighted by molar-refractivity contribution is 5.79. The predicted octanol–water partition coefficient (Wildman–Crippen LogP) is 3.68. The minimum atomic E-state index is -0.416. The number of hydrogen-bond acceptors (Lipinski definition) is 15. The second-order valence-electron chi connectivity index (χ2n) is 13.8. The zero-order valence-electron chi connectivity index (χ0n) is 36.2. The molecule has 0 unspecified atom stereocenters. The molecule has 0 atom stereocenters. The molecule has 0 saturated carbocycles. The topological polar surface area (TPSA) is 152 Å². The van der Waals surface area contributed by atoms with Gasteiger partial charge in [-0.1, -0.05) is 48.5 Å². The van der Waals surface area contributed by atoms with Crippen LogP contribution < -0.4 is 5.32 Å². The average Bonchev–Trinajstić information content (AvgIpc) is 3.58. The number of likely N-dealkylation sites (N-methyl/N-ethyl adjacent to an activating group) is 1. The van der Waals surface area contributed by atoms with Gasteiger partial charge in [0.2, 0.25) is 0 Å². The van der Waals surface area contributed by atoms with Crippen molar-refractivity contribution in [1.82, 2.24) is 10.2 Å². The van der Waals surface area contributed by atoms with Crippen LogP contribution in [-0.2, 0) is 61.6 Å². The van der Waals surface area contributed by atoms with Gasteiger partial charge in [-0.25, -0.2) is 4.79 Å². The van der Waals surface area contributed by atoms with E-state index in [9.17, 15) is 4.79 Å². The number of hydrogen-bond donors (Lipinski definition) is 1. The Kier molecular flexibility index (Phi) is 31.6. The lowest BCUT2D eigenvalue weighted by Crippen LogP contribution is -2.27. The number of rotatable bonds is 42. The normalized spacial score (nSPS) is 12.3. The lowest BCUT2D eigenvalue weighted by atomic mass is 9.98. The van der Waals surface area contributed by atoms with Crippen LogP contribution in [0.3, 0.4) is 0 Å². The van der Waals surface area contributed by atoms with Gasteiger partial charge < -0.3 is 71.8 Å². The molecule has 2 aromatic carbocycles. The second-order valence-corrected chi connectivity index (χ2v) is 13.8. The van der Waals surface area contributed by atoms with Crippen molar-refractivity contribution in [3.05, 3.63) is 59.7 Å². The van der Waals surface area contributed by atoms with E-state index < -0.39 is 6.09 Å². The molecule has 1 amide bonds. The fourth-order valence-corrected chi connectivity index (χ4v) is 5.78. The third-order valence-electron chi connectivity index (χ3n) is 8.85. The van der Waals surface area contributed by atoms with Gasteiger partial charge in [0.25, 0.3) is 0 Å². The third-order valence-corrected chi connectivity index (χ3v) is 8.85. The fourth-order valence-electron chi connectivity index (χ4n) is 5.78. The lowest BCUT2D eigenvalue weighted by molar-refractivity contribution is -0.0284. The number of carbonyl (C=O) groups excluding carboxylic acids is 1. The van der Waals surface area contributed by atoms with Gasteiger partial charge in [-0.2, -0.15) is 0 Å². The zero-order valence-corrected chi connectivity index (χ0v) is 36.2. The molecule has 342 valence electrons. The summed E-state index contributed by atoms with van der Waals surface area (Å²) < 4.78 is 71.7. The van der Waals surface area contributed by atoms with E-state index in [1.165, 1.54) is 22.3 Å². The molecule has 2 aromatic rings. The van der Waals surface area contributed by atoms with E-state index in [-0.39, 0.29) is 5.92 Å². The van der Waals surface area contributed by atoms with Crippen LogP contribution in [0.5, 0.6) is 0 Å². The molecule has 1 aliphatic carbocycles. The maximum absolute atomic E-state index is 12.3. The van der Waals surface area contributed by atoms with Crippen LogP contribution in [-0.4, -0.2) is 203 Å². The Morgan fingerprint density at radius 2 is 0.750 bits per heavy atom. The van der Waals surface area contributed by atoms with Crippen LogP contribution in [0.15, 0.2) is 48.5 Å². The van der Waals surface area contributed by atoms with E-state index >= 15 is 0 Å². The quantitative estimate of drug-likeness (QED) is 0.0967. The van der Waals surface area contributed by atoms with Crippen molar-refractivity contribution in [3.8, 4) is 11.1 Å². The largest absolute Gasteiger partial charge is 0.449 e. The zero-order chi connectivity index (χ0) is 42.4. The van der Waals surface area contributed by atoms with Crippen molar-refractivity contribution >= 4 is 6.09 Å². The number of carbonyl (C=O) groups is 1. The third kappa shape index (κ3) is 25.8. The molecule has 0 heterocycles. The summed E-state index contributed by atoms with van der Waals surface area (Å²) in [5.41, 5.74) is 4.81. The number of benzene rings is 2. The summed E-state index contributed by atoms with van der Waals surface area (Å²) in [6.07, 6.45) is 0.267. The van der Waals surface area contributed by atoms with E-state index in [4.69, 9.17) is 61.6 Å². The van der Waals surface area contributed by atoms with Crippen molar-refractivity contribution < 1.29 is 66.4 Å². The molecule has 16 nitrogen and oxygen atoms in total. The van der Waals surface area contributed by atoms with Crippen molar-refractivity contribution in [2.45, 2.75) is 12.3 Å². The molecule has 1 N–H and O–H groups in total. The number of alkyl carbamates (subject to hydrolysis) is 1. The molecule has 1 aliphatic rings. The number of nitrogens with one attached hydrogen (secondary N) is 1. The van der Waals surface area contributed by atoms with Crippen LogP contribution >= 0.6 is 0 Å². The summed E-state index contributed by atoms with van der Waals surface area (Å²) >= 11 is 0. The van der Waals surface area contributed by atoms with E-state index in [1.807, 2.05) is 38.4 Å². The monoisotopic (exact) mass is 852 g/mol. The maximum Gasteiger partial charge on any atom is 0.407 e. The van der Waals surface area contributed by atoms with Crippen molar-refractivity contribution in [3.63, 3.8) is 0 Å². The minimum Gasteiger partial charge on any atom is -0.449 e. The van der Waals surface area contributed by atoms with Crippen LogP contribution in [0.1, 0.15) is 23.5 Å².